The lowest BCUT2D eigenvalue weighted by Crippen LogP contribution is -2.21. The number of halogens is 2. The molecule has 1 N–H and O–H groups in total. The molecule has 0 saturated carbocycles. The zero-order valence-corrected chi connectivity index (χ0v) is 17.1. The number of hydrogen-bond donors (Lipinski definition) is 1. The number of nitrogens with one attached hydrogen (secondary N) is 1. The van der Waals surface area contributed by atoms with Crippen molar-refractivity contribution in [3.05, 3.63) is 67.7 Å². The number of amides is 1. The van der Waals surface area contributed by atoms with Gasteiger partial charge in [-0.05, 0) is 64.9 Å². The first kappa shape index (κ1) is 18.5. The van der Waals surface area contributed by atoms with E-state index in [1.54, 1.807) is 11.8 Å². The van der Waals surface area contributed by atoms with Crippen molar-refractivity contribution in [2.45, 2.75) is 12.7 Å². The van der Waals surface area contributed by atoms with E-state index in [1.165, 1.54) is 9.13 Å². The molecule has 0 atom stereocenters. The molecule has 0 heterocycles. The number of carbonyl (C=O) groups excluding carboxylic acids is 1. The van der Waals surface area contributed by atoms with E-state index in [2.05, 4.69) is 61.2 Å². The van der Waals surface area contributed by atoms with Gasteiger partial charge in [0, 0.05) is 13.8 Å². The van der Waals surface area contributed by atoms with Gasteiger partial charge in [0.2, 0.25) is 5.91 Å². The SMILES string of the molecule is C/C(=N/NC(=O)CSCc1cccc(Br)c1)c1ccc(I)cc1. The molecule has 0 aliphatic heterocycles. The van der Waals surface area contributed by atoms with Crippen molar-refractivity contribution >= 4 is 61.9 Å². The van der Waals surface area contributed by atoms with E-state index < -0.39 is 0 Å². The highest BCUT2D eigenvalue weighted by Crippen LogP contribution is 2.16. The molecule has 23 heavy (non-hydrogen) atoms. The average molecular weight is 503 g/mol. The Kier molecular flexibility index (Phi) is 7.58. The number of benzene rings is 2. The summed E-state index contributed by atoms with van der Waals surface area (Å²) in [7, 11) is 0. The highest BCUT2D eigenvalue weighted by molar-refractivity contribution is 14.1. The number of hydrazone groups is 1. The summed E-state index contributed by atoms with van der Waals surface area (Å²) in [6.45, 7) is 1.89. The first-order valence-electron chi connectivity index (χ1n) is 6.96. The van der Waals surface area contributed by atoms with E-state index in [0.717, 1.165) is 21.5 Å². The fraction of sp³-hybridized carbons (Fsp3) is 0.176. The first-order chi connectivity index (χ1) is 11.0. The normalized spacial score (nSPS) is 11.3. The van der Waals surface area contributed by atoms with E-state index in [1.807, 2.05) is 43.3 Å². The maximum atomic E-state index is 11.8. The van der Waals surface area contributed by atoms with Gasteiger partial charge >= 0.3 is 0 Å². The summed E-state index contributed by atoms with van der Waals surface area (Å²) in [5, 5.41) is 4.16. The van der Waals surface area contributed by atoms with Gasteiger partial charge in [0.1, 0.15) is 0 Å². The maximum Gasteiger partial charge on any atom is 0.250 e. The zero-order valence-electron chi connectivity index (χ0n) is 12.6. The van der Waals surface area contributed by atoms with Gasteiger partial charge in [-0.1, -0.05) is 40.2 Å². The Morgan fingerprint density at radius 1 is 1.26 bits per heavy atom. The predicted octanol–water partition coefficient (Wildman–Crippen LogP) is 4.83. The van der Waals surface area contributed by atoms with Crippen molar-refractivity contribution in [2.24, 2.45) is 5.10 Å². The maximum absolute atomic E-state index is 11.8. The molecule has 0 bridgehead atoms. The van der Waals surface area contributed by atoms with Crippen LogP contribution in [-0.4, -0.2) is 17.4 Å². The van der Waals surface area contributed by atoms with Gasteiger partial charge in [-0.3, -0.25) is 4.79 Å². The number of thioether (sulfide) groups is 1. The quantitative estimate of drug-likeness (QED) is 0.349. The van der Waals surface area contributed by atoms with Crippen LogP contribution in [0.5, 0.6) is 0 Å². The molecule has 0 saturated heterocycles. The fourth-order valence-corrected chi connectivity index (χ4v) is 3.40. The van der Waals surface area contributed by atoms with Crippen LogP contribution in [0.25, 0.3) is 0 Å². The Labute approximate surface area is 162 Å². The number of carbonyl (C=O) groups is 1. The number of nitrogens with zero attached hydrogens (tertiary/aromatic N) is 1. The summed E-state index contributed by atoms with van der Waals surface area (Å²) in [5.41, 5.74) is 5.61. The molecule has 0 aliphatic carbocycles. The molecule has 0 radical (unpaired) electrons. The first-order valence-corrected chi connectivity index (χ1v) is 9.98. The lowest BCUT2D eigenvalue weighted by Gasteiger charge is -2.04. The van der Waals surface area contributed by atoms with E-state index in [-0.39, 0.29) is 5.91 Å². The van der Waals surface area contributed by atoms with E-state index >= 15 is 0 Å². The zero-order chi connectivity index (χ0) is 16.7. The van der Waals surface area contributed by atoms with Gasteiger partial charge in [-0.15, -0.1) is 11.8 Å². The predicted molar refractivity (Wildman–Crippen MR) is 110 cm³/mol. The van der Waals surface area contributed by atoms with Gasteiger partial charge in [0.15, 0.2) is 0 Å². The minimum atomic E-state index is -0.0881. The lowest BCUT2D eigenvalue weighted by atomic mass is 10.1. The molecule has 2 rings (SSSR count). The Morgan fingerprint density at radius 3 is 2.70 bits per heavy atom. The summed E-state index contributed by atoms with van der Waals surface area (Å²) >= 11 is 7.27. The van der Waals surface area contributed by atoms with Crippen molar-refractivity contribution in [2.75, 3.05) is 5.75 Å². The van der Waals surface area contributed by atoms with E-state index in [9.17, 15) is 4.79 Å². The molecule has 2 aromatic carbocycles. The van der Waals surface area contributed by atoms with Crippen molar-refractivity contribution in [3.8, 4) is 0 Å². The highest BCUT2D eigenvalue weighted by atomic mass is 127. The molecule has 0 unspecified atom stereocenters. The third-order valence-corrected chi connectivity index (χ3v) is 5.22. The molecule has 0 aliphatic rings. The van der Waals surface area contributed by atoms with Crippen LogP contribution in [0.15, 0.2) is 58.1 Å². The minimum absolute atomic E-state index is 0.0881. The van der Waals surface area contributed by atoms with Crippen LogP contribution in [0.2, 0.25) is 0 Å². The summed E-state index contributed by atoms with van der Waals surface area (Å²) in [5.74, 6) is 1.10. The van der Waals surface area contributed by atoms with Crippen LogP contribution in [0.1, 0.15) is 18.1 Å². The molecule has 0 spiro atoms. The van der Waals surface area contributed by atoms with Crippen LogP contribution in [0.4, 0.5) is 0 Å². The smallest absolute Gasteiger partial charge is 0.250 e. The molecule has 3 nitrogen and oxygen atoms in total. The van der Waals surface area contributed by atoms with Gasteiger partial charge in [0.25, 0.3) is 0 Å². The van der Waals surface area contributed by atoms with Crippen LogP contribution >= 0.6 is 50.3 Å². The Hall–Kier alpha value is -0.860. The number of hydrogen-bond acceptors (Lipinski definition) is 3. The second kappa shape index (κ2) is 9.44. The van der Waals surface area contributed by atoms with Crippen molar-refractivity contribution in [3.63, 3.8) is 0 Å². The van der Waals surface area contributed by atoms with Gasteiger partial charge in [-0.2, -0.15) is 5.10 Å². The second-order valence-electron chi connectivity index (χ2n) is 4.86. The molecule has 1 amide bonds. The summed E-state index contributed by atoms with van der Waals surface area (Å²) in [4.78, 5) is 11.8. The standard InChI is InChI=1S/C17H16BrIN2OS/c1-12(14-5-7-16(19)8-6-14)20-21-17(22)11-23-10-13-3-2-4-15(18)9-13/h2-9H,10-11H2,1H3,(H,21,22)/b20-12-. The highest BCUT2D eigenvalue weighted by Gasteiger charge is 2.03. The summed E-state index contributed by atoms with van der Waals surface area (Å²) in [6.07, 6.45) is 0. The Balaban J connectivity index is 1.78. The third-order valence-electron chi connectivity index (χ3n) is 3.00. The molecule has 2 aromatic rings. The Bertz CT molecular complexity index is 704. The largest absolute Gasteiger partial charge is 0.272 e. The lowest BCUT2D eigenvalue weighted by molar-refractivity contribution is -0.118. The van der Waals surface area contributed by atoms with E-state index in [4.69, 9.17) is 0 Å². The molecule has 120 valence electrons. The Morgan fingerprint density at radius 2 is 2.00 bits per heavy atom. The van der Waals surface area contributed by atoms with Crippen LogP contribution in [-0.2, 0) is 10.5 Å². The fourth-order valence-electron chi connectivity index (χ4n) is 1.82. The molecule has 6 heteroatoms. The van der Waals surface area contributed by atoms with Crippen molar-refractivity contribution < 1.29 is 4.79 Å². The summed E-state index contributed by atoms with van der Waals surface area (Å²) < 4.78 is 2.23. The molecule has 0 aromatic heterocycles. The molecule has 0 fully saturated rings. The minimum Gasteiger partial charge on any atom is -0.272 e. The van der Waals surface area contributed by atoms with Gasteiger partial charge in [0.05, 0.1) is 11.5 Å². The number of rotatable bonds is 6. The summed E-state index contributed by atoms with van der Waals surface area (Å²) in [6, 6.07) is 16.1. The molecular weight excluding hydrogens is 487 g/mol. The topological polar surface area (TPSA) is 41.5 Å². The van der Waals surface area contributed by atoms with Crippen LogP contribution < -0.4 is 5.43 Å². The second-order valence-corrected chi connectivity index (χ2v) is 8.01. The molecular formula is C17H16BrIN2OS. The average Bonchev–Trinajstić information content (AvgIpc) is 2.53. The van der Waals surface area contributed by atoms with Gasteiger partial charge in [-0.25, -0.2) is 5.43 Å². The third kappa shape index (κ3) is 6.64. The monoisotopic (exact) mass is 502 g/mol. The van der Waals surface area contributed by atoms with Crippen molar-refractivity contribution in [1.82, 2.24) is 5.43 Å². The van der Waals surface area contributed by atoms with Crippen LogP contribution in [0, 0.1) is 3.57 Å². The van der Waals surface area contributed by atoms with E-state index in [0.29, 0.717) is 5.75 Å². The van der Waals surface area contributed by atoms with Crippen LogP contribution in [0.3, 0.4) is 0 Å². The van der Waals surface area contributed by atoms with Crippen molar-refractivity contribution in [1.29, 1.82) is 0 Å². The van der Waals surface area contributed by atoms with Gasteiger partial charge < -0.3 is 0 Å².